The maximum absolute atomic E-state index is 5.89. The number of benzene rings is 1. The van der Waals surface area contributed by atoms with Crippen LogP contribution in [0.3, 0.4) is 0 Å². The van der Waals surface area contributed by atoms with Gasteiger partial charge in [0.15, 0.2) is 0 Å². The van der Waals surface area contributed by atoms with E-state index in [0.717, 1.165) is 34.5 Å². The molecule has 1 aromatic carbocycles. The zero-order valence-corrected chi connectivity index (χ0v) is 10.9. The second-order valence-corrected chi connectivity index (χ2v) is 4.65. The van der Waals surface area contributed by atoms with Crippen molar-refractivity contribution < 1.29 is 0 Å². The van der Waals surface area contributed by atoms with E-state index >= 15 is 0 Å². The molecule has 0 bridgehead atoms. The van der Waals surface area contributed by atoms with Crippen molar-refractivity contribution in [1.29, 1.82) is 0 Å². The number of nitrogens with two attached hydrogens (primary N) is 1. The van der Waals surface area contributed by atoms with Gasteiger partial charge in [0.2, 0.25) is 0 Å². The fourth-order valence-corrected chi connectivity index (χ4v) is 1.94. The lowest BCUT2D eigenvalue weighted by atomic mass is 10.2. The van der Waals surface area contributed by atoms with Gasteiger partial charge >= 0.3 is 0 Å². The highest BCUT2D eigenvalue weighted by Crippen LogP contribution is 2.22. The molecule has 3 N–H and O–H groups in total. The largest absolute Gasteiger partial charge is 0.397 e. The van der Waals surface area contributed by atoms with E-state index in [0.29, 0.717) is 0 Å². The summed E-state index contributed by atoms with van der Waals surface area (Å²) in [6, 6.07) is 11.8. The van der Waals surface area contributed by atoms with Crippen LogP contribution in [0.2, 0.25) is 0 Å². The fraction of sp³-hybridized carbons (Fsp3) is 0.154. The molecule has 0 aliphatic rings. The Bertz CT molecular complexity index is 485. The first kappa shape index (κ1) is 11.9. The Morgan fingerprint density at radius 2 is 2.12 bits per heavy atom. The van der Waals surface area contributed by atoms with Crippen LogP contribution in [-0.2, 0) is 6.42 Å². The molecule has 1 heterocycles. The summed E-state index contributed by atoms with van der Waals surface area (Å²) in [4.78, 5) is 4.27. The maximum atomic E-state index is 5.89. The van der Waals surface area contributed by atoms with Crippen molar-refractivity contribution in [3.63, 3.8) is 0 Å². The number of nitrogens with zero attached hydrogens (tertiary/aromatic N) is 1. The summed E-state index contributed by atoms with van der Waals surface area (Å²) >= 11 is 3.38. The zero-order valence-electron chi connectivity index (χ0n) is 9.36. The minimum Gasteiger partial charge on any atom is -0.397 e. The van der Waals surface area contributed by atoms with E-state index in [1.807, 2.05) is 42.6 Å². The zero-order chi connectivity index (χ0) is 12.1. The first-order valence-electron chi connectivity index (χ1n) is 5.44. The standard InChI is InChI=1S/C13H14BrN3/c14-10-4-5-13(12(15)9-10)17-8-6-11-3-1-2-7-16-11/h1-5,7,9,17H,6,8,15H2. The lowest BCUT2D eigenvalue weighted by Crippen LogP contribution is -2.07. The highest BCUT2D eigenvalue weighted by Gasteiger charge is 1.99. The van der Waals surface area contributed by atoms with E-state index in [1.165, 1.54) is 0 Å². The molecule has 4 heteroatoms. The van der Waals surface area contributed by atoms with Gasteiger partial charge < -0.3 is 11.1 Å². The SMILES string of the molecule is Nc1cc(Br)ccc1NCCc1ccccn1. The number of hydrogen-bond acceptors (Lipinski definition) is 3. The molecule has 0 atom stereocenters. The Morgan fingerprint density at radius 1 is 1.24 bits per heavy atom. The van der Waals surface area contributed by atoms with Gasteiger partial charge in [-0.1, -0.05) is 22.0 Å². The molecular formula is C13H14BrN3. The van der Waals surface area contributed by atoms with Crippen LogP contribution in [0, 0.1) is 0 Å². The molecule has 0 unspecified atom stereocenters. The van der Waals surface area contributed by atoms with Crippen LogP contribution in [0.25, 0.3) is 0 Å². The summed E-state index contributed by atoms with van der Waals surface area (Å²) in [6.45, 7) is 0.822. The van der Waals surface area contributed by atoms with Crippen molar-refractivity contribution in [2.24, 2.45) is 0 Å². The third-order valence-corrected chi connectivity index (χ3v) is 2.93. The van der Waals surface area contributed by atoms with Crippen LogP contribution in [0.4, 0.5) is 11.4 Å². The van der Waals surface area contributed by atoms with Crippen molar-refractivity contribution >= 4 is 27.3 Å². The van der Waals surface area contributed by atoms with Gasteiger partial charge in [-0.25, -0.2) is 0 Å². The highest BCUT2D eigenvalue weighted by atomic mass is 79.9. The van der Waals surface area contributed by atoms with Gasteiger partial charge in [0.05, 0.1) is 11.4 Å². The topological polar surface area (TPSA) is 50.9 Å². The maximum Gasteiger partial charge on any atom is 0.0574 e. The number of hydrogen-bond donors (Lipinski definition) is 2. The van der Waals surface area contributed by atoms with Crippen LogP contribution < -0.4 is 11.1 Å². The average molecular weight is 292 g/mol. The Balaban J connectivity index is 1.90. The predicted octanol–water partition coefficient (Wildman–Crippen LogP) is 3.08. The van der Waals surface area contributed by atoms with Gasteiger partial charge in [-0.2, -0.15) is 0 Å². The molecule has 0 aliphatic heterocycles. The van der Waals surface area contributed by atoms with Crippen molar-refractivity contribution in [3.05, 3.63) is 52.8 Å². The molecule has 2 rings (SSSR count). The quantitative estimate of drug-likeness (QED) is 0.851. The lowest BCUT2D eigenvalue weighted by Gasteiger charge is -2.09. The minimum absolute atomic E-state index is 0.750. The van der Waals surface area contributed by atoms with Crippen LogP contribution >= 0.6 is 15.9 Å². The van der Waals surface area contributed by atoms with E-state index in [4.69, 9.17) is 5.73 Å². The van der Waals surface area contributed by atoms with Crippen molar-refractivity contribution in [1.82, 2.24) is 4.98 Å². The number of nitrogen functional groups attached to an aromatic ring is 1. The molecule has 1 aromatic heterocycles. The molecule has 0 spiro atoms. The molecule has 2 aromatic rings. The molecule has 88 valence electrons. The summed E-state index contributed by atoms with van der Waals surface area (Å²) in [7, 11) is 0. The number of aromatic nitrogens is 1. The number of nitrogens with one attached hydrogen (secondary N) is 1. The Morgan fingerprint density at radius 3 is 2.82 bits per heavy atom. The molecule has 3 nitrogen and oxygen atoms in total. The van der Waals surface area contributed by atoms with Gasteiger partial charge in [0, 0.05) is 29.3 Å². The van der Waals surface area contributed by atoms with Gasteiger partial charge in [-0.3, -0.25) is 4.98 Å². The normalized spacial score (nSPS) is 10.2. The number of pyridine rings is 1. The van der Waals surface area contributed by atoms with Crippen LogP contribution in [0.15, 0.2) is 47.1 Å². The molecule has 17 heavy (non-hydrogen) atoms. The lowest BCUT2D eigenvalue weighted by molar-refractivity contribution is 0.962. The van der Waals surface area contributed by atoms with E-state index in [-0.39, 0.29) is 0 Å². The van der Waals surface area contributed by atoms with Gasteiger partial charge in [-0.15, -0.1) is 0 Å². The summed E-state index contributed by atoms with van der Waals surface area (Å²) in [5.74, 6) is 0. The van der Waals surface area contributed by atoms with Gasteiger partial charge in [0.1, 0.15) is 0 Å². The molecule has 0 amide bonds. The van der Waals surface area contributed by atoms with Gasteiger partial charge in [-0.05, 0) is 30.3 Å². The molecule has 0 radical (unpaired) electrons. The Labute approximate surface area is 109 Å². The smallest absolute Gasteiger partial charge is 0.0574 e. The third kappa shape index (κ3) is 3.46. The number of anilines is 2. The number of rotatable bonds is 4. The Kier molecular flexibility index (Phi) is 3.98. The first-order valence-corrected chi connectivity index (χ1v) is 6.24. The van der Waals surface area contributed by atoms with Crippen LogP contribution in [0.5, 0.6) is 0 Å². The van der Waals surface area contributed by atoms with Crippen LogP contribution in [0.1, 0.15) is 5.69 Å². The van der Waals surface area contributed by atoms with Crippen LogP contribution in [-0.4, -0.2) is 11.5 Å². The second-order valence-electron chi connectivity index (χ2n) is 3.73. The molecule has 0 saturated carbocycles. The molecule has 0 saturated heterocycles. The third-order valence-electron chi connectivity index (χ3n) is 2.44. The summed E-state index contributed by atoms with van der Waals surface area (Å²) < 4.78 is 0.991. The monoisotopic (exact) mass is 291 g/mol. The predicted molar refractivity (Wildman–Crippen MR) is 75.0 cm³/mol. The fourth-order valence-electron chi connectivity index (χ4n) is 1.57. The molecule has 0 fully saturated rings. The highest BCUT2D eigenvalue weighted by molar-refractivity contribution is 9.10. The minimum atomic E-state index is 0.750. The van der Waals surface area contributed by atoms with Crippen molar-refractivity contribution in [2.75, 3.05) is 17.6 Å². The first-order chi connectivity index (χ1) is 8.25. The molecular weight excluding hydrogens is 278 g/mol. The molecule has 0 aliphatic carbocycles. The van der Waals surface area contributed by atoms with E-state index in [9.17, 15) is 0 Å². The second kappa shape index (κ2) is 5.68. The average Bonchev–Trinajstić information content (AvgIpc) is 2.33. The van der Waals surface area contributed by atoms with Crippen molar-refractivity contribution in [3.8, 4) is 0 Å². The van der Waals surface area contributed by atoms with E-state index in [2.05, 4.69) is 26.2 Å². The van der Waals surface area contributed by atoms with Crippen molar-refractivity contribution in [2.45, 2.75) is 6.42 Å². The summed E-state index contributed by atoms with van der Waals surface area (Å²) in [6.07, 6.45) is 2.69. The summed E-state index contributed by atoms with van der Waals surface area (Å²) in [5.41, 5.74) is 8.68. The van der Waals surface area contributed by atoms with E-state index in [1.54, 1.807) is 0 Å². The van der Waals surface area contributed by atoms with E-state index < -0.39 is 0 Å². The Hall–Kier alpha value is -1.55. The summed E-state index contributed by atoms with van der Waals surface area (Å²) in [5, 5.41) is 3.30. The number of halogens is 1. The van der Waals surface area contributed by atoms with Gasteiger partial charge in [0.25, 0.3) is 0 Å².